The Hall–Kier alpha value is -1.77. The lowest BCUT2D eigenvalue weighted by atomic mass is 10.2. The van der Waals surface area contributed by atoms with E-state index in [1.54, 1.807) is 13.2 Å². The Morgan fingerprint density at radius 1 is 1.53 bits per heavy atom. The molecular formula is C12H13IN4O2. The largest absolute Gasteiger partial charge is 0.496 e. The molecule has 0 aliphatic carbocycles. The van der Waals surface area contributed by atoms with Crippen molar-refractivity contribution in [3.63, 3.8) is 0 Å². The number of nitrogens with two attached hydrogens (primary N) is 1. The minimum atomic E-state index is -0.169. The van der Waals surface area contributed by atoms with Gasteiger partial charge in [0.25, 0.3) is 5.56 Å². The second kappa shape index (κ2) is 5.91. The number of nitrogens with one attached hydrogen (secondary N) is 2. The molecule has 0 aliphatic heterocycles. The molecule has 4 N–H and O–H groups in total. The number of rotatable bonds is 4. The van der Waals surface area contributed by atoms with E-state index in [0.29, 0.717) is 21.6 Å². The van der Waals surface area contributed by atoms with E-state index in [1.807, 2.05) is 34.7 Å². The summed E-state index contributed by atoms with van der Waals surface area (Å²) in [7, 11) is 1.60. The van der Waals surface area contributed by atoms with E-state index in [9.17, 15) is 4.79 Å². The van der Waals surface area contributed by atoms with E-state index in [0.717, 1.165) is 11.3 Å². The molecule has 0 amide bonds. The summed E-state index contributed by atoms with van der Waals surface area (Å²) in [6.07, 6.45) is 1.36. The lowest BCUT2D eigenvalue weighted by Crippen LogP contribution is -2.14. The van der Waals surface area contributed by atoms with E-state index in [4.69, 9.17) is 10.5 Å². The highest BCUT2D eigenvalue weighted by atomic mass is 127. The summed E-state index contributed by atoms with van der Waals surface area (Å²) in [6.45, 7) is 0.473. The van der Waals surface area contributed by atoms with Crippen LogP contribution in [0.5, 0.6) is 5.75 Å². The average molecular weight is 372 g/mol. The van der Waals surface area contributed by atoms with Crippen LogP contribution in [-0.2, 0) is 6.54 Å². The molecule has 100 valence electrons. The topological polar surface area (TPSA) is 93.0 Å². The van der Waals surface area contributed by atoms with Crippen molar-refractivity contribution in [3.05, 3.63) is 44.0 Å². The van der Waals surface area contributed by atoms with Crippen molar-refractivity contribution < 1.29 is 4.74 Å². The van der Waals surface area contributed by atoms with Crippen LogP contribution >= 0.6 is 22.6 Å². The van der Waals surface area contributed by atoms with E-state index >= 15 is 0 Å². The van der Waals surface area contributed by atoms with Gasteiger partial charge in [-0.25, -0.2) is 4.98 Å². The zero-order valence-electron chi connectivity index (χ0n) is 10.2. The Bertz CT molecular complexity index is 642. The first-order valence-electron chi connectivity index (χ1n) is 5.51. The first-order valence-corrected chi connectivity index (χ1v) is 6.59. The fourth-order valence-corrected chi connectivity index (χ4v) is 2.11. The first kappa shape index (κ1) is 13.7. The third kappa shape index (κ3) is 3.16. The van der Waals surface area contributed by atoms with Crippen LogP contribution in [0.4, 0.5) is 11.5 Å². The molecule has 1 heterocycles. The quantitative estimate of drug-likeness (QED) is 0.560. The van der Waals surface area contributed by atoms with Crippen LogP contribution in [0, 0.1) is 3.57 Å². The Kier molecular flexibility index (Phi) is 4.25. The zero-order valence-corrected chi connectivity index (χ0v) is 12.4. The number of hydrogen-bond donors (Lipinski definition) is 3. The van der Waals surface area contributed by atoms with Gasteiger partial charge in [-0.05, 0) is 40.8 Å². The number of H-pyrrole nitrogens is 1. The predicted molar refractivity (Wildman–Crippen MR) is 82.3 cm³/mol. The molecule has 1 aromatic carbocycles. The number of halogens is 1. The van der Waals surface area contributed by atoms with Crippen molar-refractivity contribution in [2.75, 3.05) is 18.2 Å². The second-order valence-electron chi connectivity index (χ2n) is 3.82. The number of anilines is 2. The number of aromatic nitrogens is 2. The summed E-state index contributed by atoms with van der Waals surface area (Å²) in [5.41, 5.74) is 7.14. The molecule has 0 saturated carbocycles. The summed E-state index contributed by atoms with van der Waals surface area (Å²) in [5.74, 6) is 1.27. The van der Waals surface area contributed by atoms with Gasteiger partial charge in [0.2, 0.25) is 0 Å². The first-order chi connectivity index (χ1) is 9.11. The van der Waals surface area contributed by atoms with Gasteiger partial charge in [0.1, 0.15) is 15.1 Å². The van der Waals surface area contributed by atoms with Crippen LogP contribution in [0.1, 0.15) is 5.56 Å². The van der Waals surface area contributed by atoms with Crippen molar-refractivity contribution >= 4 is 34.1 Å². The van der Waals surface area contributed by atoms with Crippen LogP contribution in [0.25, 0.3) is 0 Å². The number of methoxy groups -OCH3 is 1. The maximum absolute atomic E-state index is 11.4. The predicted octanol–water partition coefficient (Wildman–Crippen LogP) is 1.58. The van der Waals surface area contributed by atoms with Crippen molar-refractivity contribution in [1.82, 2.24) is 9.97 Å². The van der Waals surface area contributed by atoms with Gasteiger partial charge < -0.3 is 20.8 Å². The number of nitrogens with zero attached hydrogens (tertiary/aromatic N) is 1. The fourth-order valence-electron chi connectivity index (χ4n) is 1.62. The number of benzene rings is 1. The Morgan fingerprint density at radius 2 is 2.32 bits per heavy atom. The van der Waals surface area contributed by atoms with Gasteiger partial charge in [0, 0.05) is 17.8 Å². The average Bonchev–Trinajstić information content (AvgIpc) is 2.40. The fraction of sp³-hybridized carbons (Fsp3) is 0.167. The van der Waals surface area contributed by atoms with Gasteiger partial charge in [-0.15, -0.1) is 0 Å². The molecule has 19 heavy (non-hydrogen) atoms. The number of ether oxygens (including phenoxy) is 1. The van der Waals surface area contributed by atoms with Crippen LogP contribution in [0.3, 0.4) is 0 Å². The van der Waals surface area contributed by atoms with E-state index in [2.05, 4.69) is 15.3 Å². The second-order valence-corrected chi connectivity index (χ2v) is 4.90. The lowest BCUT2D eigenvalue weighted by molar-refractivity contribution is 0.410. The van der Waals surface area contributed by atoms with Crippen molar-refractivity contribution in [1.29, 1.82) is 0 Å². The Labute approximate surface area is 123 Å². The van der Waals surface area contributed by atoms with Crippen LogP contribution < -0.4 is 21.3 Å². The summed E-state index contributed by atoms with van der Waals surface area (Å²) >= 11 is 1.95. The smallest absolute Gasteiger partial charge is 0.266 e. The van der Waals surface area contributed by atoms with Gasteiger partial charge in [-0.1, -0.05) is 0 Å². The summed E-state index contributed by atoms with van der Waals surface area (Å²) in [4.78, 5) is 18.0. The molecular weight excluding hydrogens is 359 g/mol. The van der Waals surface area contributed by atoms with Crippen molar-refractivity contribution in [3.8, 4) is 5.75 Å². The van der Waals surface area contributed by atoms with Crippen LogP contribution in [-0.4, -0.2) is 17.1 Å². The van der Waals surface area contributed by atoms with Crippen molar-refractivity contribution in [2.45, 2.75) is 6.54 Å². The molecule has 0 aliphatic rings. The van der Waals surface area contributed by atoms with Gasteiger partial charge in [0.05, 0.1) is 13.4 Å². The van der Waals surface area contributed by atoms with Gasteiger partial charge >= 0.3 is 0 Å². The van der Waals surface area contributed by atoms with Crippen LogP contribution in [0.15, 0.2) is 29.3 Å². The number of aromatic amines is 1. The van der Waals surface area contributed by atoms with E-state index in [-0.39, 0.29) is 5.56 Å². The number of hydrogen-bond acceptors (Lipinski definition) is 5. The molecule has 0 fully saturated rings. The molecule has 0 radical (unpaired) electrons. The maximum atomic E-state index is 11.4. The molecule has 0 atom stereocenters. The molecule has 0 unspecified atom stereocenters. The molecule has 0 saturated heterocycles. The lowest BCUT2D eigenvalue weighted by Gasteiger charge is -2.11. The van der Waals surface area contributed by atoms with E-state index < -0.39 is 0 Å². The minimum absolute atomic E-state index is 0.169. The molecule has 2 rings (SSSR count). The highest BCUT2D eigenvalue weighted by molar-refractivity contribution is 14.1. The maximum Gasteiger partial charge on any atom is 0.266 e. The molecule has 6 nitrogen and oxygen atoms in total. The highest BCUT2D eigenvalue weighted by Gasteiger charge is 2.07. The SMILES string of the molecule is COc1ccc(N)cc1CNc1nc[nH]c(=O)c1I. The number of nitrogen functional groups attached to an aromatic ring is 1. The molecule has 0 bridgehead atoms. The highest BCUT2D eigenvalue weighted by Crippen LogP contribution is 2.22. The van der Waals surface area contributed by atoms with Gasteiger partial charge in [-0.3, -0.25) is 4.79 Å². The molecule has 0 spiro atoms. The minimum Gasteiger partial charge on any atom is -0.496 e. The third-order valence-corrected chi connectivity index (χ3v) is 3.55. The molecule has 7 heteroatoms. The normalized spacial score (nSPS) is 10.2. The molecule has 1 aromatic heterocycles. The Balaban J connectivity index is 2.21. The van der Waals surface area contributed by atoms with E-state index in [1.165, 1.54) is 6.33 Å². The Morgan fingerprint density at radius 3 is 3.05 bits per heavy atom. The standard InChI is InChI=1S/C12H13IN4O2/c1-19-9-3-2-8(14)4-7(9)5-15-11-10(13)12(18)17-6-16-11/h2-4,6H,5,14H2,1H3,(H2,15,16,17,18). The zero-order chi connectivity index (χ0) is 13.8. The summed E-state index contributed by atoms with van der Waals surface area (Å²) in [6, 6.07) is 5.41. The summed E-state index contributed by atoms with van der Waals surface area (Å²) < 4.78 is 5.77. The summed E-state index contributed by atoms with van der Waals surface area (Å²) in [5, 5.41) is 3.10. The monoisotopic (exact) mass is 372 g/mol. The molecule has 2 aromatic rings. The van der Waals surface area contributed by atoms with Gasteiger partial charge in [-0.2, -0.15) is 0 Å². The third-order valence-electron chi connectivity index (χ3n) is 2.55. The van der Waals surface area contributed by atoms with Crippen molar-refractivity contribution in [2.24, 2.45) is 0 Å². The van der Waals surface area contributed by atoms with Gasteiger partial charge in [0.15, 0.2) is 0 Å². The van der Waals surface area contributed by atoms with Crippen LogP contribution in [0.2, 0.25) is 0 Å².